The van der Waals surface area contributed by atoms with Crippen LogP contribution in [0.15, 0.2) is 18.2 Å². The molecule has 0 radical (unpaired) electrons. The molecule has 2 N–H and O–H groups in total. The highest BCUT2D eigenvalue weighted by atomic mass is 35.5. The van der Waals surface area contributed by atoms with E-state index in [-0.39, 0.29) is 23.5 Å². The van der Waals surface area contributed by atoms with Crippen LogP contribution < -0.4 is 10.6 Å². The van der Waals surface area contributed by atoms with Gasteiger partial charge in [-0.3, -0.25) is 9.59 Å². The second-order valence-electron chi connectivity index (χ2n) is 4.37. The molecule has 0 saturated carbocycles. The van der Waals surface area contributed by atoms with Crippen LogP contribution in [0.2, 0.25) is 5.02 Å². The number of anilines is 1. The van der Waals surface area contributed by atoms with Crippen molar-refractivity contribution in [2.45, 2.75) is 18.6 Å². The van der Waals surface area contributed by atoms with Crippen LogP contribution >= 0.6 is 23.4 Å². The molecule has 1 saturated heterocycles. The molecular weight excluding hydrogens is 284 g/mol. The molecule has 19 heavy (non-hydrogen) atoms. The fourth-order valence-corrected chi connectivity index (χ4v) is 2.96. The summed E-state index contributed by atoms with van der Waals surface area (Å²) in [5.74, 6) is 0.614. The van der Waals surface area contributed by atoms with Gasteiger partial charge in [-0.05, 0) is 24.6 Å². The molecule has 102 valence electrons. The number of rotatable bonds is 3. The largest absolute Gasteiger partial charge is 0.354 e. The number of aryl methyl sites for hydroxylation is 1. The minimum absolute atomic E-state index is 0.0617. The van der Waals surface area contributed by atoms with Crippen LogP contribution in [0.3, 0.4) is 0 Å². The van der Waals surface area contributed by atoms with E-state index in [4.69, 9.17) is 11.6 Å². The highest BCUT2D eigenvalue weighted by Gasteiger charge is 2.25. The zero-order valence-electron chi connectivity index (χ0n) is 10.5. The fraction of sp³-hybridized carbons (Fsp3) is 0.385. The van der Waals surface area contributed by atoms with Crippen molar-refractivity contribution in [2.75, 3.05) is 17.6 Å². The number of hydrogen-bond donors (Lipinski definition) is 2. The second-order valence-corrected chi connectivity index (χ2v) is 6.08. The number of halogens is 1. The minimum atomic E-state index is -0.297. The van der Waals surface area contributed by atoms with Crippen LogP contribution in [0.4, 0.5) is 5.69 Å². The Balaban J connectivity index is 1.93. The third-order valence-corrected chi connectivity index (χ3v) is 4.47. The fourth-order valence-electron chi connectivity index (χ4n) is 1.77. The van der Waals surface area contributed by atoms with Gasteiger partial charge in [0.2, 0.25) is 11.8 Å². The predicted octanol–water partition coefficient (Wildman–Crippen LogP) is 2.21. The van der Waals surface area contributed by atoms with Crippen LogP contribution in [0.1, 0.15) is 12.0 Å². The van der Waals surface area contributed by atoms with E-state index in [0.717, 1.165) is 11.3 Å². The van der Waals surface area contributed by atoms with Crippen molar-refractivity contribution in [3.63, 3.8) is 0 Å². The van der Waals surface area contributed by atoms with Gasteiger partial charge in [-0.1, -0.05) is 17.7 Å². The SMILES string of the molecule is Cc1ccc(NC(=O)C[C@H]2SCCNC2=O)cc1Cl. The normalized spacial score (nSPS) is 18.8. The highest BCUT2D eigenvalue weighted by molar-refractivity contribution is 8.00. The van der Waals surface area contributed by atoms with E-state index in [1.54, 1.807) is 12.1 Å². The standard InChI is InChI=1S/C13H15ClN2O2S/c1-8-2-3-9(6-10(8)14)16-12(17)7-11-13(18)15-4-5-19-11/h2-3,6,11H,4-5,7H2,1H3,(H,15,18)(H,16,17)/t11-/m1/s1. The molecule has 1 atom stereocenters. The molecular formula is C13H15ClN2O2S. The molecule has 0 aromatic heterocycles. The van der Waals surface area contributed by atoms with Crippen molar-refractivity contribution in [1.82, 2.24) is 5.32 Å². The topological polar surface area (TPSA) is 58.2 Å². The van der Waals surface area contributed by atoms with Gasteiger partial charge in [0.05, 0.1) is 5.25 Å². The van der Waals surface area contributed by atoms with E-state index in [1.807, 2.05) is 13.0 Å². The monoisotopic (exact) mass is 298 g/mol. The van der Waals surface area contributed by atoms with Gasteiger partial charge in [0.1, 0.15) is 0 Å². The summed E-state index contributed by atoms with van der Waals surface area (Å²) >= 11 is 7.51. The van der Waals surface area contributed by atoms with Crippen molar-refractivity contribution in [3.05, 3.63) is 28.8 Å². The van der Waals surface area contributed by atoms with Crippen LogP contribution in [0.25, 0.3) is 0 Å². The van der Waals surface area contributed by atoms with Gasteiger partial charge in [-0.25, -0.2) is 0 Å². The average Bonchev–Trinajstić information content (AvgIpc) is 2.37. The highest BCUT2D eigenvalue weighted by Crippen LogP contribution is 2.22. The smallest absolute Gasteiger partial charge is 0.233 e. The molecule has 6 heteroatoms. The maximum atomic E-state index is 11.9. The average molecular weight is 299 g/mol. The summed E-state index contributed by atoms with van der Waals surface area (Å²) in [6, 6.07) is 5.36. The summed E-state index contributed by atoms with van der Waals surface area (Å²) in [5, 5.41) is 5.84. The molecule has 1 heterocycles. The number of carbonyl (C=O) groups excluding carboxylic acids is 2. The first-order chi connectivity index (χ1) is 9.06. The van der Waals surface area contributed by atoms with Gasteiger partial charge >= 0.3 is 0 Å². The first kappa shape index (κ1) is 14.2. The first-order valence-electron chi connectivity index (χ1n) is 6.01. The lowest BCUT2D eigenvalue weighted by atomic mass is 10.2. The Morgan fingerprint density at radius 3 is 3.05 bits per heavy atom. The second kappa shape index (κ2) is 6.30. The van der Waals surface area contributed by atoms with Gasteiger partial charge in [-0.2, -0.15) is 0 Å². The molecule has 4 nitrogen and oxygen atoms in total. The van der Waals surface area contributed by atoms with Gasteiger partial charge in [0, 0.05) is 29.4 Å². The molecule has 1 aliphatic heterocycles. The van der Waals surface area contributed by atoms with E-state index >= 15 is 0 Å². The van der Waals surface area contributed by atoms with Gasteiger partial charge < -0.3 is 10.6 Å². The third-order valence-electron chi connectivity index (χ3n) is 2.84. The Hall–Kier alpha value is -1.20. The summed E-state index contributed by atoms with van der Waals surface area (Å²) < 4.78 is 0. The number of hydrogen-bond acceptors (Lipinski definition) is 3. The predicted molar refractivity (Wildman–Crippen MR) is 78.7 cm³/mol. The van der Waals surface area contributed by atoms with E-state index in [0.29, 0.717) is 17.3 Å². The lowest BCUT2D eigenvalue weighted by Crippen LogP contribution is -2.40. The minimum Gasteiger partial charge on any atom is -0.354 e. The number of thioether (sulfide) groups is 1. The van der Waals surface area contributed by atoms with Crippen LogP contribution in [0, 0.1) is 6.92 Å². The van der Waals surface area contributed by atoms with E-state index in [1.165, 1.54) is 11.8 Å². The molecule has 0 unspecified atom stereocenters. The summed E-state index contributed by atoms with van der Waals surface area (Å²) in [7, 11) is 0. The summed E-state index contributed by atoms with van der Waals surface area (Å²) in [5.41, 5.74) is 1.61. The van der Waals surface area contributed by atoms with Crippen molar-refractivity contribution >= 4 is 40.9 Å². The molecule has 1 aromatic carbocycles. The third kappa shape index (κ3) is 3.88. The molecule has 1 aliphatic rings. The van der Waals surface area contributed by atoms with Crippen molar-refractivity contribution in [1.29, 1.82) is 0 Å². The van der Waals surface area contributed by atoms with E-state index < -0.39 is 0 Å². The summed E-state index contributed by atoms with van der Waals surface area (Å²) in [4.78, 5) is 23.4. The van der Waals surface area contributed by atoms with Crippen molar-refractivity contribution in [2.24, 2.45) is 0 Å². The lowest BCUT2D eigenvalue weighted by Gasteiger charge is -2.20. The number of carbonyl (C=O) groups is 2. The molecule has 0 spiro atoms. The Morgan fingerprint density at radius 2 is 2.37 bits per heavy atom. The maximum Gasteiger partial charge on any atom is 0.233 e. The van der Waals surface area contributed by atoms with Crippen molar-refractivity contribution < 1.29 is 9.59 Å². The maximum absolute atomic E-state index is 11.9. The molecule has 0 aliphatic carbocycles. The number of amides is 2. The number of nitrogens with one attached hydrogen (secondary N) is 2. The van der Waals surface area contributed by atoms with Crippen LogP contribution in [-0.4, -0.2) is 29.4 Å². The van der Waals surface area contributed by atoms with Gasteiger partial charge in [-0.15, -0.1) is 11.8 Å². The Kier molecular flexibility index (Phi) is 4.71. The molecule has 1 aromatic rings. The molecule has 2 rings (SSSR count). The first-order valence-corrected chi connectivity index (χ1v) is 7.44. The van der Waals surface area contributed by atoms with Crippen LogP contribution in [0.5, 0.6) is 0 Å². The van der Waals surface area contributed by atoms with Gasteiger partial charge in [0.25, 0.3) is 0 Å². The van der Waals surface area contributed by atoms with E-state index in [9.17, 15) is 9.59 Å². The lowest BCUT2D eigenvalue weighted by molar-refractivity contribution is -0.123. The quantitative estimate of drug-likeness (QED) is 0.899. The van der Waals surface area contributed by atoms with Crippen LogP contribution in [-0.2, 0) is 9.59 Å². The van der Waals surface area contributed by atoms with E-state index in [2.05, 4.69) is 10.6 Å². The Morgan fingerprint density at radius 1 is 1.58 bits per heavy atom. The molecule has 2 amide bonds. The molecule has 1 fully saturated rings. The van der Waals surface area contributed by atoms with Gasteiger partial charge in [0.15, 0.2) is 0 Å². The summed E-state index contributed by atoms with van der Waals surface area (Å²) in [6.45, 7) is 2.58. The Labute approximate surface area is 121 Å². The Bertz CT molecular complexity index is 507. The number of benzene rings is 1. The zero-order valence-corrected chi connectivity index (χ0v) is 12.1. The summed E-state index contributed by atoms with van der Waals surface area (Å²) in [6.07, 6.45) is 0.183. The van der Waals surface area contributed by atoms with Crippen molar-refractivity contribution in [3.8, 4) is 0 Å². The zero-order chi connectivity index (χ0) is 13.8. The molecule has 0 bridgehead atoms.